The van der Waals surface area contributed by atoms with E-state index in [9.17, 15) is 4.39 Å². The molecule has 1 aromatic rings. The third kappa shape index (κ3) is 3.42. The van der Waals surface area contributed by atoms with Gasteiger partial charge in [-0.3, -0.25) is 0 Å². The standard InChI is InChI=1S/C9H11BrFNO/c10-8-2-1-7(9(11)5-8)6-13-4-3-12/h1-2,5H,3-4,6,12H2. The lowest BCUT2D eigenvalue weighted by atomic mass is 10.2. The summed E-state index contributed by atoms with van der Waals surface area (Å²) >= 11 is 3.18. The van der Waals surface area contributed by atoms with Gasteiger partial charge in [-0.05, 0) is 12.1 Å². The molecular weight excluding hydrogens is 237 g/mol. The quantitative estimate of drug-likeness (QED) is 0.828. The molecule has 1 aromatic carbocycles. The first-order chi connectivity index (χ1) is 6.24. The van der Waals surface area contributed by atoms with E-state index >= 15 is 0 Å². The monoisotopic (exact) mass is 247 g/mol. The summed E-state index contributed by atoms with van der Waals surface area (Å²) in [6.45, 7) is 1.18. The van der Waals surface area contributed by atoms with Crippen molar-refractivity contribution >= 4 is 15.9 Å². The van der Waals surface area contributed by atoms with Crippen LogP contribution in [0.4, 0.5) is 4.39 Å². The molecule has 2 N–H and O–H groups in total. The zero-order chi connectivity index (χ0) is 9.68. The van der Waals surface area contributed by atoms with Crippen LogP contribution in [0.3, 0.4) is 0 Å². The average Bonchev–Trinajstić information content (AvgIpc) is 2.09. The van der Waals surface area contributed by atoms with Crippen molar-refractivity contribution in [3.63, 3.8) is 0 Å². The smallest absolute Gasteiger partial charge is 0.129 e. The third-order valence-corrected chi connectivity index (χ3v) is 2.03. The lowest BCUT2D eigenvalue weighted by molar-refractivity contribution is 0.125. The lowest BCUT2D eigenvalue weighted by Crippen LogP contribution is -2.08. The fourth-order valence-electron chi connectivity index (χ4n) is 0.904. The van der Waals surface area contributed by atoms with E-state index in [4.69, 9.17) is 10.5 Å². The minimum Gasteiger partial charge on any atom is -0.375 e. The van der Waals surface area contributed by atoms with Crippen LogP contribution in [-0.4, -0.2) is 13.2 Å². The average molecular weight is 248 g/mol. The Hall–Kier alpha value is -0.450. The van der Waals surface area contributed by atoms with E-state index in [1.807, 2.05) is 0 Å². The fourth-order valence-corrected chi connectivity index (χ4v) is 1.24. The van der Waals surface area contributed by atoms with E-state index < -0.39 is 0 Å². The van der Waals surface area contributed by atoms with Crippen LogP contribution in [0.15, 0.2) is 22.7 Å². The van der Waals surface area contributed by atoms with Gasteiger partial charge in [0.25, 0.3) is 0 Å². The largest absolute Gasteiger partial charge is 0.375 e. The Morgan fingerprint density at radius 3 is 2.85 bits per heavy atom. The minimum atomic E-state index is -0.258. The van der Waals surface area contributed by atoms with Crippen LogP contribution >= 0.6 is 15.9 Å². The van der Waals surface area contributed by atoms with Crippen LogP contribution in [-0.2, 0) is 11.3 Å². The van der Waals surface area contributed by atoms with Crippen LogP contribution < -0.4 is 5.73 Å². The molecule has 0 heterocycles. The number of rotatable bonds is 4. The van der Waals surface area contributed by atoms with Gasteiger partial charge in [0.05, 0.1) is 13.2 Å². The molecule has 0 bridgehead atoms. The Morgan fingerprint density at radius 1 is 1.46 bits per heavy atom. The molecule has 0 amide bonds. The van der Waals surface area contributed by atoms with E-state index in [1.54, 1.807) is 12.1 Å². The van der Waals surface area contributed by atoms with Gasteiger partial charge in [0.2, 0.25) is 0 Å². The van der Waals surface area contributed by atoms with Crippen molar-refractivity contribution in [3.05, 3.63) is 34.1 Å². The predicted octanol–water partition coefficient (Wildman–Crippen LogP) is 2.06. The molecule has 0 saturated heterocycles. The fraction of sp³-hybridized carbons (Fsp3) is 0.333. The third-order valence-electron chi connectivity index (χ3n) is 1.53. The molecule has 72 valence electrons. The van der Waals surface area contributed by atoms with Crippen LogP contribution in [0.1, 0.15) is 5.56 Å². The molecule has 0 radical (unpaired) electrons. The minimum absolute atomic E-state index is 0.258. The van der Waals surface area contributed by atoms with Crippen molar-refractivity contribution in [2.24, 2.45) is 5.73 Å². The normalized spacial score (nSPS) is 10.4. The van der Waals surface area contributed by atoms with Crippen molar-refractivity contribution in [2.45, 2.75) is 6.61 Å². The topological polar surface area (TPSA) is 35.2 Å². The van der Waals surface area contributed by atoms with Crippen molar-refractivity contribution in [1.29, 1.82) is 0 Å². The van der Waals surface area contributed by atoms with Crippen molar-refractivity contribution in [1.82, 2.24) is 0 Å². The number of hydrogen-bond donors (Lipinski definition) is 1. The lowest BCUT2D eigenvalue weighted by Gasteiger charge is -2.04. The SMILES string of the molecule is NCCOCc1ccc(Br)cc1F. The van der Waals surface area contributed by atoms with Crippen LogP contribution in [0, 0.1) is 5.82 Å². The van der Waals surface area contributed by atoms with Crippen LogP contribution in [0.5, 0.6) is 0 Å². The molecule has 0 aliphatic carbocycles. The molecule has 0 aromatic heterocycles. The van der Waals surface area contributed by atoms with Crippen molar-refractivity contribution < 1.29 is 9.13 Å². The summed E-state index contributed by atoms with van der Waals surface area (Å²) in [6, 6.07) is 4.89. The Labute approximate surface area is 85.0 Å². The van der Waals surface area contributed by atoms with E-state index in [0.717, 1.165) is 4.47 Å². The van der Waals surface area contributed by atoms with Gasteiger partial charge in [0.1, 0.15) is 5.82 Å². The Balaban J connectivity index is 2.56. The molecular formula is C9H11BrFNO. The number of benzene rings is 1. The molecule has 0 unspecified atom stereocenters. The van der Waals surface area contributed by atoms with Gasteiger partial charge >= 0.3 is 0 Å². The maximum atomic E-state index is 13.1. The number of nitrogens with two attached hydrogens (primary N) is 1. The molecule has 0 aliphatic heterocycles. The highest BCUT2D eigenvalue weighted by Crippen LogP contribution is 2.15. The molecule has 0 aliphatic rings. The van der Waals surface area contributed by atoms with Gasteiger partial charge in [0.15, 0.2) is 0 Å². The van der Waals surface area contributed by atoms with E-state index in [2.05, 4.69) is 15.9 Å². The number of halogens is 2. The first-order valence-electron chi connectivity index (χ1n) is 3.96. The predicted molar refractivity (Wildman–Crippen MR) is 52.8 cm³/mol. The van der Waals surface area contributed by atoms with Gasteiger partial charge in [-0.15, -0.1) is 0 Å². The summed E-state index contributed by atoms with van der Waals surface area (Å²) in [4.78, 5) is 0. The van der Waals surface area contributed by atoms with E-state index in [0.29, 0.717) is 18.7 Å². The molecule has 0 fully saturated rings. The maximum Gasteiger partial charge on any atom is 0.129 e. The van der Waals surface area contributed by atoms with Crippen LogP contribution in [0.2, 0.25) is 0 Å². The zero-order valence-corrected chi connectivity index (χ0v) is 8.68. The molecule has 1 rings (SSSR count). The van der Waals surface area contributed by atoms with Gasteiger partial charge in [0, 0.05) is 16.6 Å². The number of hydrogen-bond acceptors (Lipinski definition) is 2. The summed E-state index contributed by atoms with van der Waals surface area (Å²) < 4.78 is 19.0. The van der Waals surface area contributed by atoms with E-state index in [-0.39, 0.29) is 12.4 Å². The summed E-state index contributed by atoms with van der Waals surface area (Å²) in [5.74, 6) is -0.258. The first-order valence-corrected chi connectivity index (χ1v) is 4.75. The molecule has 0 saturated carbocycles. The highest BCUT2D eigenvalue weighted by Gasteiger charge is 2.01. The Kier molecular flexibility index (Phi) is 4.35. The van der Waals surface area contributed by atoms with Gasteiger partial charge in [-0.1, -0.05) is 22.0 Å². The Bertz CT molecular complexity index is 280. The van der Waals surface area contributed by atoms with Gasteiger partial charge < -0.3 is 10.5 Å². The Morgan fingerprint density at radius 2 is 2.23 bits per heavy atom. The molecule has 0 spiro atoms. The second-order valence-corrected chi connectivity index (χ2v) is 3.49. The highest BCUT2D eigenvalue weighted by atomic mass is 79.9. The molecule has 0 atom stereocenters. The second-order valence-electron chi connectivity index (χ2n) is 2.58. The first kappa shape index (κ1) is 10.6. The van der Waals surface area contributed by atoms with Crippen LogP contribution in [0.25, 0.3) is 0 Å². The molecule has 4 heteroatoms. The van der Waals surface area contributed by atoms with Gasteiger partial charge in [-0.2, -0.15) is 0 Å². The molecule has 13 heavy (non-hydrogen) atoms. The maximum absolute atomic E-state index is 13.1. The van der Waals surface area contributed by atoms with E-state index in [1.165, 1.54) is 6.07 Å². The molecule has 2 nitrogen and oxygen atoms in total. The summed E-state index contributed by atoms with van der Waals surface area (Å²) in [5.41, 5.74) is 5.78. The summed E-state index contributed by atoms with van der Waals surface area (Å²) in [5, 5.41) is 0. The highest BCUT2D eigenvalue weighted by molar-refractivity contribution is 9.10. The van der Waals surface area contributed by atoms with Crippen molar-refractivity contribution in [2.75, 3.05) is 13.2 Å². The second kappa shape index (κ2) is 5.32. The van der Waals surface area contributed by atoms with Crippen molar-refractivity contribution in [3.8, 4) is 0 Å². The summed E-state index contributed by atoms with van der Waals surface area (Å²) in [7, 11) is 0. The summed E-state index contributed by atoms with van der Waals surface area (Å²) in [6.07, 6.45) is 0. The van der Waals surface area contributed by atoms with Gasteiger partial charge in [-0.25, -0.2) is 4.39 Å². The zero-order valence-electron chi connectivity index (χ0n) is 7.09. The number of ether oxygens (including phenoxy) is 1.